The van der Waals surface area contributed by atoms with Crippen LogP contribution in [0.15, 0.2) is 47.3 Å². The molecule has 1 amide bonds. The number of carbonyl (C=O) groups excluding carboxylic acids is 1. The van der Waals surface area contributed by atoms with E-state index < -0.39 is 0 Å². The minimum absolute atomic E-state index is 0.00553. The summed E-state index contributed by atoms with van der Waals surface area (Å²) in [6, 6.07) is 9.43. The highest BCUT2D eigenvalue weighted by molar-refractivity contribution is 7.20. The zero-order chi connectivity index (χ0) is 14.1. The van der Waals surface area contributed by atoms with Crippen molar-refractivity contribution in [1.82, 2.24) is 4.90 Å². The van der Waals surface area contributed by atoms with Crippen LogP contribution >= 0.6 is 11.3 Å². The summed E-state index contributed by atoms with van der Waals surface area (Å²) in [6.45, 7) is 0.533. The maximum atomic E-state index is 12.4. The van der Waals surface area contributed by atoms with Crippen molar-refractivity contribution in [3.8, 4) is 0 Å². The van der Waals surface area contributed by atoms with Gasteiger partial charge in [-0.15, -0.1) is 11.3 Å². The van der Waals surface area contributed by atoms with Gasteiger partial charge in [-0.2, -0.15) is 0 Å². The summed E-state index contributed by atoms with van der Waals surface area (Å²) in [7, 11) is 1.79. The Bertz CT molecular complexity index is 746. The minimum Gasteiger partial charge on any atom is -0.472 e. The Morgan fingerprint density at radius 1 is 1.35 bits per heavy atom. The maximum absolute atomic E-state index is 12.4. The molecule has 0 unspecified atom stereocenters. The molecular weight excluding hydrogens is 272 g/mol. The van der Waals surface area contributed by atoms with Gasteiger partial charge >= 0.3 is 0 Å². The van der Waals surface area contributed by atoms with Crippen LogP contribution in [-0.2, 0) is 6.54 Å². The Kier molecular flexibility index (Phi) is 3.20. The van der Waals surface area contributed by atoms with Gasteiger partial charge in [0.2, 0.25) is 0 Å². The van der Waals surface area contributed by atoms with Gasteiger partial charge in [-0.1, -0.05) is 0 Å². The summed E-state index contributed by atoms with van der Waals surface area (Å²) < 4.78 is 6.08. The fourth-order valence-corrected chi connectivity index (χ4v) is 3.12. The van der Waals surface area contributed by atoms with E-state index >= 15 is 0 Å². The number of nitrogen functional groups attached to an aromatic ring is 1. The molecule has 0 saturated carbocycles. The van der Waals surface area contributed by atoms with Crippen LogP contribution in [0.3, 0.4) is 0 Å². The Morgan fingerprint density at radius 2 is 2.20 bits per heavy atom. The first-order valence-corrected chi connectivity index (χ1v) is 7.01. The largest absolute Gasteiger partial charge is 0.472 e. The van der Waals surface area contributed by atoms with Crippen LogP contribution in [0.25, 0.3) is 10.1 Å². The highest BCUT2D eigenvalue weighted by Crippen LogP contribution is 2.28. The van der Waals surface area contributed by atoms with Crippen molar-refractivity contribution in [2.24, 2.45) is 0 Å². The molecule has 0 atom stereocenters. The molecule has 2 N–H and O–H groups in total. The lowest BCUT2D eigenvalue weighted by Gasteiger charge is -2.14. The predicted octanol–water partition coefficient (Wildman–Crippen LogP) is 3.35. The Hall–Kier alpha value is -2.27. The zero-order valence-corrected chi connectivity index (χ0v) is 11.8. The second-order valence-corrected chi connectivity index (χ2v) is 5.78. The number of benzene rings is 1. The summed E-state index contributed by atoms with van der Waals surface area (Å²) in [5.74, 6) is 0.00553. The quantitative estimate of drug-likeness (QED) is 0.751. The van der Waals surface area contributed by atoms with Gasteiger partial charge in [0, 0.05) is 29.5 Å². The van der Waals surface area contributed by atoms with Gasteiger partial charge in [0.15, 0.2) is 0 Å². The maximum Gasteiger partial charge on any atom is 0.264 e. The topological polar surface area (TPSA) is 59.5 Å². The molecule has 0 aliphatic rings. The number of furan rings is 1. The van der Waals surface area contributed by atoms with Gasteiger partial charge in [0.25, 0.3) is 5.91 Å². The van der Waals surface area contributed by atoms with Crippen LogP contribution in [0, 0.1) is 0 Å². The molecule has 2 aromatic heterocycles. The lowest BCUT2D eigenvalue weighted by molar-refractivity contribution is 0.0790. The summed E-state index contributed by atoms with van der Waals surface area (Å²) in [5, 5.41) is 1.01. The van der Waals surface area contributed by atoms with Gasteiger partial charge < -0.3 is 15.1 Å². The van der Waals surface area contributed by atoms with Gasteiger partial charge in [0.1, 0.15) is 0 Å². The molecule has 5 heteroatoms. The van der Waals surface area contributed by atoms with E-state index in [2.05, 4.69) is 0 Å². The number of thiophene rings is 1. The Balaban J connectivity index is 1.84. The highest BCUT2D eigenvalue weighted by Gasteiger charge is 2.15. The molecule has 3 rings (SSSR count). The fourth-order valence-electron chi connectivity index (χ4n) is 2.08. The molecule has 20 heavy (non-hydrogen) atoms. The van der Waals surface area contributed by atoms with E-state index in [0.717, 1.165) is 20.5 Å². The van der Waals surface area contributed by atoms with Crippen LogP contribution in [0.1, 0.15) is 15.2 Å². The third kappa shape index (κ3) is 2.40. The predicted molar refractivity (Wildman–Crippen MR) is 80.7 cm³/mol. The van der Waals surface area contributed by atoms with Crippen molar-refractivity contribution in [3.63, 3.8) is 0 Å². The number of nitrogens with two attached hydrogens (primary N) is 1. The molecule has 0 aliphatic carbocycles. The smallest absolute Gasteiger partial charge is 0.264 e. The number of rotatable bonds is 3. The molecule has 0 fully saturated rings. The third-order valence-corrected chi connectivity index (χ3v) is 4.20. The van der Waals surface area contributed by atoms with Gasteiger partial charge in [-0.3, -0.25) is 4.79 Å². The lowest BCUT2D eigenvalue weighted by Crippen LogP contribution is -2.25. The van der Waals surface area contributed by atoms with Gasteiger partial charge in [-0.25, -0.2) is 0 Å². The average molecular weight is 286 g/mol. The van der Waals surface area contributed by atoms with E-state index in [9.17, 15) is 4.79 Å². The molecule has 1 aromatic carbocycles. The van der Waals surface area contributed by atoms with E-state index in [0.29, 0.717) is 12.2 Å². The normalized spacial score (nSPS) is 10.8. The first-order chi connectivity index (χ1) is 9.63. The number of carbonyl (C=O) groups is 1. The summed E-state index contributed by atoms with van der Waals surface area (Å²) in [4.78, 5) is 14.8. The monoisotopic (exact) mass is 286 g/mol. The summed E-state index contributed by atoms with van der Waals surface area (Å²) in [5.41, 5.74) is 7.45. The van der Waals surface area contributed by atoms with Crippen molar-refractivity contribution >= 4 is 33.0 Å². The molecule has 4 nitrogen and oxygen atoms in total. The molecule has 0 saturated heterocycles. The number of nitrogens with zero attached hydrogens (tertiary/aromatic N) is 1. The average Bonchev–Trinajstić information content (AvgIpc) is 3.06. The lowest BCUT2D eigenvalue weighted by atomic mass is 10.2. The molecule has 3 aromatic rings. The highest BCUT2D eigenvalue weighted by atomic mass is 32.1. The number of amides is 1. The number of fused-ring (bicyclic) bond motifs is 1. The Morgan fingerprint density at radius 3 is 2.95 bits per heavy atom. The number of anilines is 1. The van der Waals surface area contributed by atoms with Crippen LogP contribution in [0.2, 0.25) is 0 Å². The SMILES string of the molecule is CN(Cc1ccoc1)C(=O)c1cc2cc(N)ccc2s1. The van der Waals surface area contributed by atoms with Gasteiger partial charge in [-0.05, 0) is 35.7 Å². The molecule has 102 valence electrons. The second-order valence-electron chi connectivity index (χ2n) is 4.70. The summed E-state index contributed by atoms with van der Waals surface area (Å²) in [6.07, 6.45) is 3.26. The van der Waals surface area contributed by atoms with Crippen LogP contribution < -0.4 is 5.73 Å². The molecular formula is C15H14N2O2S. The van der Waals surface area contributed by atoms with E-state index in [1.807, 2.05) is 30.3 Å². The van der Waals surface area contributed by atoms with Crippen LogP contribution in [0.4, 0.5) is 5.69 Å². The summed E-state index contributed by atoms with van der Waals surface area (Å²) >= 11 is 1.48. The molecule has 0 radical (unpaired) electrons. The molecule has 0 spiro atoms. The standard InChI is InChI=1S/C15H14N2O2S/c1-17(8-10-4-5-19-9-10)15(18)14-7-11-6-12(16)2-3-13(11)20-14/h2-7,9H,8,16H2,1H3. The number of hydrogen-bond donors (Lipinski definition) is 1. The molecule has 2 heterocycles. The zero-order valence-electron chi connectivity index (χ0n) is 11.0. The van der Waals surface area contributed by atoms with E-state index in [4.69, 9.17) is 10.2 Å². The van der Waals surface area contributed by atoms with Crippen molar-refractivity contribution in [3.05, 3.63) is 53.3 Å². The van der Waals surface area contributed by atoms with Crippen LogP contribution in [-0.4, -0.2) is 17.9 Å². The van der Waals surface area contributed by atoms with Crippen molar-refractivity contribution in [2.45, 2.75) is 6.54 Å². The van der Waals surface area contributed by atoms with Crippen LogP contribution in [0.5, 0.6) is 0 Å². The number of hydrogen-bond acceptors (Lipinski definition) is 4. The van der Waals surface area contributed by atoms with Crippen molar-refractivity contribution in [2.75, 3.05) is 12.8 Å². The third-order valence-electron chi connectivity index (χ3n) is 3.10. The van der Waals surface area contributed by atoms with Gasteiger partial charge in [0.05, 0.1) is 17.4 Å². The minimum atomic E-state index is 0.00553. The second kappa shape index (κ2) is 5.02. The molecule has 0 bridgehead atoms. The van der Waals surface area contributed by atoms with E-state index in [1.54, 1.807) is 24.5 Å². The fraction of sp³-hybridized carbons (Fsp3) is 0.133. The first-order valence-electron chi connectivity index (χ1n) is 6.19. The van der Waals surface area contributed by atoms with Crippen molar-refractivity contribution in [1.29, 1.82) is 0 Å². The Labute approximate surface area is 120 Å². The first kappa shape index (κ1) is 12.7. The van der Waals surface area contributed by atoms with Crippen molar-refractivity contribution < 1.29 is 9.21 Å². The molecule has 0 aliphatic heterocycles. The van der Waals surface area contributed by atoms with E-state index in [1.165, 1.54) is 11.3 Å². The van der Waals surface area contributed by atoms with E-state index in [-0.39, 0.29) is 5.91 Å².